The summed E-state index contributed by atoms with van der Waals surface area (Å²) in [6.45, 7) is 10.3. The van der Waals surface area contributed by atoms with Gasteiger partial charge in [-0.1, -0.05) is 6.92 Å². The standard InChI is InChI=1S/C28H44N6O7S3/c1-15(22(36)16(2)31-27(40)41-28(4,5)6)23(37)34-21(17(3)35)25(39)30-11-9-20-32-19(14-43-20)26-33-18(13-44-26)24(38)29-10-8-12-42-7/h13-17,21-22,35-36H,8-12H2,1-7H3,(H,29,38)(H,30,39)(H,31,40)(H,34,37)/t15-,16+,17+,21-,22-/m0/s1. The van der Waals surface area contributed by atoms with Crippen LogP contribution in [0.2, 0.25) is 0 Å². The molecule has 4 amide bonds. The van der Waals surface area contributed by atoms with Crippen molar-refractivity contribution in [3.63, 3.8) is 0 Å². The normalized spacial score (nSPS) is 14.9. The number of nitrogens with one attached hydrogen (secondary N) is 4. The van der Waals surface area contributed by atoms with Gasteiger partial charge in [0.05, 0.1) is 29.2 Å². The van der Waals surface area contributed by atoms with E-state index in [9.17, 15) is 29.4 Å². The Kier molecular flexibility index (Phi) is 15.0. The predicted molar refractivity (Wildman–Crippen MR) is 173 cm³/mol. The number of carbonyl (C=O) groups excluding carboxylic acids is 4. The first-order chi connectivity index (χ1) is 20.6. The van der Waals surface area contributed by atoms with Crippen LogP contribution in [0, 0.1) is 5.92 Å². The van der Waals surface area contributed by atoms with Crippen molar-refractivity contribution in [2.75, 3.05) is 25.1 Å². The van der Waals surface area contributed by atoms with Gasteiger partial charge in [-0.25, -0.2) is 14.8 Å². The zero-order valence-corrected chi connectivity index (χ0v) is 28.6. The summed E-state index contributed by atoms with van der Waals surface area (Å²) in [7, 11) is 0. The first-order valence-electron chi connectivity index (χ1n) is 14.2. The highest BCUT2D eigenvalue weighted by atomic mass is 32.2. The number of thiazole rings is 2. The number of hydrogen-bond donors (Lipinski definition) is 6. The van der Waals surface area contributed by atoms with E-state index in [4.69, 9.17) is 4.74 Å². The molecule has 0 aliphatic carbocycles. The number of nitrogens with zero attached hydrogens (tertiary/aromatic N) is 2. The van der Waals surface area contributed by atoms with E-state index in [1.54, 1.807) is 37.9 Å². The van der Waals surface area contributed by atoms with Gasteiger partial charge in [-0.2, -0.15) is 11.8 Å². The van der Waals surface area contributed by atoms with Gasteiger partial charge in [-0.3, -0.25) is 14.4 Å². The van der Waals surface area contributed by atoms with Crippen molar-refractivity contribution in [2.24, 2.45) is 5.92 Å². The van der Waals surface area contributed by atoms with Crippen LogP contribution in [0.1, 0.15) is 63.5 Å². The summed E-state index contributed by atoms with van der Waals surface area (Å²) < 4.78 is 5.18. The number of ether oxygens (including phenoxy) is 1. The SMILES string of the molecule is CSCCCNC(=O)c1csc(-c2csc(CCNC(=O)[C@@H](NC(=O)[C@@H](C)[C@H](O)[C@@H](C)NC(=O)OC(C)(C)C)[C@@H](C)O)n2)n1. The Labute approximate surface area is 270 Å². The average molecular weight is 673 g/mol. The summed E-state index contributed by atoms with van der Waals surface area (Å²) in [6, 6.07) is -2.09. The Balaban J connectivity index is 1.87. The van der Waals surface area contributed by atoms with Crippen molar-refractivity contribution in [2.45, 2.75) is 84.3 Å². The number of alkyl carbamates (subject to hydrolysis) is 1. The third-order valence-corrected chi connectivity index (χ3v) is 8.67. The molecule has 6 N–H and O–H groups in total. The number of rotatable bonds is 16. The molecule has 0 bridgehead atoms. The molecule has 0 aliphatic heterocycles. The largest absolute Gasteiger partial charge is 0.444 e. The van der Waals surface area contributed by atoms with Gasteiger partial charge in [0.2, 0.25) is 11.8 Å². The van der Waals surface area contributed by atoms with Crippen molar-refractivity contribution >= 4 is 58.3 Å². The quantitative estimate of drug-likeness (QED) is 0.144. The van der Waals surface area contributed by atoms with Gasteiger partial charge >= 0.3 is 6.09 Å². The lowest BCUT2D eigenvalue weighted by Gasteiger charge is -2.28. The number of hydrogen-bond acceptors (Lipinski definition) is 12. The number of aliphatic hydroxyl groups excluding tert-OH is 2. The van der Waals surface area contributed by atoms with Crippen LogP contribution in [0.4, 0.5) is 4.79 Å². The van der Waals surface area contributed by atoms with Crippen LogP contribution >= 0.6 is 34.4 Å². The Morgan fingerprint density at radius 3 is 2.32 bits per heavy atom. The number of amides is 4. The summed E-state index contributed by atoms with van der Waals surface area (Å²) in [6.07, 6.45) is 0.0675. The van der Waals surface area contributed by atoms with Gasteiger partial charge in [0.25, 0.3) is 5.91 Å². The molecule has 0 unspecified atom stereocenters. The molecule has 0 radical (unpaired) electrons. The fourth-order valence-corrected chi connectivity index (χ4v) is 5.84. The highest BCUT2D eigenvalue weighted by Gasteiger charge is 2.33. The summed E-state index contributed by atoms with van der Waals surface area (Å²) in [4.78, 5) is 58.9. The van der Waals surface area contributed by atoms with E-state index >= 15 is 0 Å². The van der Waals surface area contributed by atoms with Crippen molar-refractivity contribution in [3.05, 3.63) is 21.5 Å². The van der Waals surface area contributed by atoms with Gasteiger partial charge in [0.15, 0.2) is 0 Å². The van der Waals surface area contributed by atoms with E-state index < -0.39 is 53.7 Å². The smallest absolute Gasteiger partial charge is 0.407 e. The van der Waals surface area contributed by atoms with Crippen LogP contribution in [-0.4, -0.2) is 99.0 Å². The van der Waals surface area contributed by atoms with Crippen LogP contribution in [-0.2, 0) is 20.7 Å². The molecule has 0 saturated carbocycles. The van der Waals surface area contributed by atoms with E-state index in [1.807, 2.05) is 11.6 Å². The third-order valence-electron chi connectivity index (χ3n) is 6.20. The maximum absolute atomic E-state index is 12.8. The second-order valence-electron chi connectivity index (χ2n) is 11.2. The maximum atomic E-state index is 12.8. The lowest BCUT2D eigenvalue weighted by atomic mass is 9.97. The molecule has 0 aromatic carbocycles. The Morgan fingerprint density at radius 1 is 0.977 bits per heavy atom. The molecule has 13 nitrogen and oxygen atoms in total. The van der Waals surface area contributed by atoms with Gasteiger partial charge < -0.3 is 36.2 Å². The fourth-order valence-electron chi connectivity index (χ4n) is 3.79. The molecule has 5 atom stereocenters. The summed E-state index contributed by atoms with van der Waals surface area (Å²) in [5.41, 5.74) is 0.257. The van der Waals surface area contributed by atoms with E-state index in [0.717, 1.165) is 17.2 Å². The van der Waals surface area contributed by atoms with Gasteiger partial charge in [0, 0.05) is 30.3 Å². The Bertz CT molecular complexity index is 1250. The van der Waals surface area contributed by atoms with Crippen LogP contribution < -0.4 is 21.3 Å². The molecule has 16 heteroatoms. The molecule has 0 saturated heterocycles. The molecule has 2 heterocycles. The Hall–Kier alpha value is -2.79. The monoisotopic (exact) mass is 672 g/mol. The van der Waals surface area contributed by atoms with Gasteiger partial charge in [-0.15, -0.1) is 22.7 Å². The fraction of sp³-hybridized carbons (Fsp3) is 0.643. The summed E-state index contributed by atoms with van der Waals surface area (Å²) in [5.74, 6) is -1.53. The van der Waals surface area contributed by atoms with Crippen molar-refractivity contribution in [1.29, 1.82) is 0 Å². The van der Waals surface area contributed by atoms with Crippen LogP contribution in [0.5, 0.6) is 0 Å². The molecule has 2 aromatic rings. The highest BCUT2D eigenvalue weighted by molar-refractivity contribution is 7.98. The molecule has 0 fully saturated rings. The minimum Gasteiger partial charge on any atom is -0.444 e. The molecule has 2 aromatic heterocycles. The van der Waals surface area contributed by atoms with Gasteiger partial charge in [-0.05, 0) is 53.0 Å². The topological polar surface area (TPSA) is 192 Å². The second-order valence-corrected chi connectivity index (χ2v) is 14.0. The molecule has 0 spiro atoms. The van der Waals surface area contributed by atoms with Crippen molar-refractivity contribution in [3.8, 4) is 10.7 Å². The first-order valence-corrected chi connectivity index (χ1v) is 17.4. The van der Waals surface area contributed by atoms with Gasteiger partial charge in [0.1, 0.15) is 28.0 Å². The van der Waals surface area contributed by atoms with E-state index in [-0.39, 0.29) is 12.5 Å². The predicted octanol–water partition coefficient (Wildman–Crippen LogP) is 2.18. The lowest BCUT2D eigenvalue weighted by Crippen LogP contribution is -2.56. The number of carbonyl (C=O) groups is 4. The van der Waals surface area contributed by atoms with E-state index in [1.165, 1.54) is 43.4 Å². The zero-order valence-electron chi connectivity index (χ0n) is 26.1. The van der Waals surface area contributed by atoms with Crippen molar-refractivity contribution < 1.29 is 34.1 Å². The maximum Gasteiger partial charge on any atom is 0.407 e. The van der Waals surface area contributed by atoms with Crippen LogP contribution in [0.15, 0.2) is 10.8 Å². The van der Waals surface area contributed by atoms with Crippen LogP contribution in [0.25, 0.3) is 10.7 Å². The first kappa shape index (κ1) is 37.4. The van der Waals surface area contributed by atoms with Crippen LogP contribution in [0.3, 0.4) is 0 Å². The Morgan fingerprint density at radius 2 is 1.68 bits per heavy atom. The second kappa shape index (κ2) is 17.6. The molecule has 246 valence electrons. The molecule has 2 rings (SSSR count). The molecular weight excluding hydrogens is 629 g/mol. The number of thioether (sulfide) groups is 1. The molecule has 0 aliphatic rings. The minimum atomic E-state index is -1.28. The van der Waals surface area contributed by atoms with Crippen molar-refractivity contribution in [1.82, 2.24) is 31.2 Å². The third kappa shape index (κ3) is 12.3. The highest BCUT2D eigenvalue weighted by Crippen LogP contribution is 2.25. The molecular formula is C28H44N6O7S3. The molecule has 44 heavy (non-hydrogen) atoms. The zero-order chi connectivity index (χ0) is 33.0. The lowest BCUT2D eigenvalue weighted by molar-refractivity contribution is -0.135. The van der Waals surface area contributed by atoms with E-state index in [0.29, 0.717) is 29.4 Å². The number of aliphatic hydroxyl groups is 2. The average Bonchev–Trinajstić information content (AvgIpc) is 3.61. The minimum absolute atomic E-state index is 0.196. The summed E-state index contributed by atoms with van der Waals surface area (Å²) in [5, 5.41) is 36.2. The summed E-state index contributed by atoms with van der Waals surface area (Å²) >= 11 is 4.44. The number of aromatic nitrogens is 2. The van der Waals surface area contributed by atoms with E-state index in [2.05, 4.69) is 31.2 Å².